The van der Waals surface area contributed by atoms with Gasteiger partial charge < -0.3 is 5.11 Å². The SMILES string of the molecule is Cc1cc(C)nc(N/N=C\C2=C(O)C[C@@H](c3ccc(F)cc3)CC2=O)n1. The topological polar surface area (TPSA) is 87.5 Å². The number of anilines is 1. The smallest absolute Gasteiger partial charge is 0.243 e. The van der Waals surface area contributed by atoms with Crippen LogP contribution in [0.25, 0.3) is 0 Å². The lowest BCUT2D eigenvalue weighted by Gasteiger charge is -2.22. The summed E-state index contributed by atoms with van der Waals surface area (Å²) in [6, 6.07) is 7.82. The highest BCUT2D eigenvalue weighted by Crippen LogP contribution is 2.33. The zero-order valence-corrected chi connectivity index (χ0v) is 14.5. The molecule has 0 saturated carbocycles. The summed E-state index contributed by atoms with van der Waals surface area (Å²) >= 11 is 0. The van der Waals surface area contributed by atoms with Crippen LogP contribution in [0.1, 0.15) is 35.7 Å². The number of hydrogen-bond donors (Lipinski definition) is 2. The quantitative estimate of drug-likeness (QED) is 0.647. The van der Waals surface area contributed by atoms with E-state index in [1.165, 1.54) is 18.3 Å². The lowest BCUT2D eigenvalue weighted by atomic mass is 9.83. The Morgan fingerprint density at radius 1 is 1.19 bits per heavy atom. The Balaban J connectivity index is 1.72. The summed E-state index contributed by atoms with van der Waals surface area (Å²) < 4.78 is 13.0. The number of carbonyl (C=O) groups is 1. The first-order valence-corrected chi connectivity index (χ1v) is 8.24. The predicted molar refractivity (Wildman–Crippen MR) is 96.7 cm³/mol. The maximum atomic E-state index is 13.0. The molecule has 0 unspecified atom stereocenters. The minimum Gasteiger partial charge on any atom is -0.511 e. The van der Waals surface area contributed by atoms with E-state index in [2.05, 4.69) is 20.5 Å². The van der Waals surface area contributed by atoms with Crippen molar-refractivity contribution in [3.8, 4) is 0 Å². The van der Waals surface area contributed by atoms with Gasteiger partial charge in [-0.25, -0.2) is 19.8 Å². The Morgan fingerprint density at radius 2 is 1.85 bits per heavy atom. The first kappa shape index (κ1) is 17.7. The molecule has 0 bridgehead atoms. The summed E-state index contributed by atoms with van der Waals surface area (Å²) in [4.78, 5) is 20.7. The Hall–Kier alpha value is -3.09. The molecular weight excluding hydrogens is 335 g/mol. The lowest BCUT2D eigenvalue weighted by molar-refractivity contribution is -0.116. The molecule has 0 spiro atoms. The lowest BCUT2D eigenvalue weighted by Crippen LogP contribution is -2.19. The van der Waals surface area contributed by atoms with Crippen LogP contribution < -0.4 is 5.43 Å². The molecule has 1 atom stereocenters. The molecule has 0 radical (unpaired) electrons. The third-order valence-corrected chi connectivity index (χ3v) is 4.16. The molecule has 1 aromatic heterocycles. The van der Waals surface area contributed by atoms with Crippen molar-refractivity contribution in [1.82, 2.24) is 9.97 Å². The van der Waals surface area contributed by atoms with E-state index in [1.807, 2.05) is 19.9 Å². The molecule has 134 valence electrons. The van der Waals surface area contributed by atoms with Gasteiger partial charge in [-0.2, -0.15) is 5.10 Å². The summed E-state index contributed by atoms with van der Waals surface area (Å²) in [5.74, 6) is -0.414. The Bertz CT molecular complexity index is 871. The highest BCUT2D eigenvalue weighted by Gasteiger charge is 2.27. The molecule has 1 heterocycles. The molecule has 1 aliphatic rings. The van der Waals surface area contributed by atoms with Gasteiger partial charge in [0.1, 0.15) is 11.6 Å². The molecule has 2 aromatic rings. The van der Waals surface area contributed by atoms with Gasteiger partial charge >= 0.3 is 0 Å². The van der Waals surface area contributed by atoms with Crippen molar-refractivity contribution in [2.45, 2.75) is 32.6 Å². The first-order valence-electron chi connectivity index (χ1n) is 8.24. The number of nitrogens with one attached hydrogen (secondary N) is 1. The van der Waals surface area contributed by atoms with E-state index in [4.69, 9.17) is 0 Å². The molecule has 0 fully saturated rings. The second-order valence-corrected chi connectivity index (χ2v) is 6.28. The number of allylic oxidation sites excluding steroid dienone is 2. The Morgan fingerprint density at radius 3 is 2.46 bits per heavy atom. The van der Waals surface area contributed by atoms with Crippen LogP contribution in [-0.2, 0) is 4.79 Å². The van der Waals surface area contributed by atoms with E-state index in [0.717, 1.165) is 17.0 Å². The van der Waals surface area contributed by atoms with Crippen molar-refractivity contribution < 1.29 is 14.3 Å². The van der Waals surface area contributed by atoms with Gasteiger partial charge in [0.25, 0.3) is 0 Å². The molecular formula is C19H19FN4O2. The summed E-state index contributed by atoms with van der Waals surface area (Å²) in [5, 5.41) is 14.2. The number of rotatable bonds is 4. The molecule has 1 aromatic carbocycles. The normalized spacial score (nSPS) is 17.8. The number of benzene rings is 1. The summed E-state index contributed by atoms with van der Waals surface area (Å²) in [5.41, 5.74) is 5.26. The molecule has 6 nitrogen and oxygen atoms in total. The number of halogens is 1. The highest BCUT2D eigenvalue weighted by molar-refractivity contribution is 6.14. The third kappa shape index (κ3) is 4.11. The Kier molecular flexibility index (Phi) is 5.06. The van der Waals surface area contributed by atoms with Crippen molar-refractivity contribution in [3.05, 3.63) is 64.4 Å². The molecule has 0 aliphatic heterocycles. The summed E-state index contributed by atoms with van der Waals surface area (Å²) in [7, 11) is 0. The number of aliphatic hydroxyl groups is 1. The van der Waals surface area contributed by atoms with Crippen molar-refractivity contribution in [3.63, 3.8) is 0 Å². The zero-order valence-electron chi connectivity index (χ0n) is 14.5. The highest BCUT2D eigenvalue weighted by atomic mass is 19.1. The number of hydrogen-bond acceptors (Lipinski definition) is 6. The van der Waals surface area contributed by atoms with Crippen LogP contribution >= 0.6 is 0 Å². The van der Waals surface area contributed by atoms with E-state index >= 15 is 0 Å². The van der Waals surface area contributed by atoms with Crippen LogP contribution in [-0.4, -0.2) is 27.1 Å². The minimum atomic E-state index is -0.330. The zero-order chi connectivity index (χ0) is 18.7. The standard InChI is InChI=1S/C19H19FN4O2/c1-11-7-12(2)23-19(22-11)24-21-10-16-17(25)8-14(9-18(16)26)13-3-5-15(20)6-4-13/h3-7,10,14,25H,8-9H2,1-2H3,(H,22,23,24)/b21-10-/t14-/m1/s1. The fraction of sp³-hybridized carbons (Fsp3) is 0.263. The second-order valence-electron chi connectivity index (χ2n) is 6.28. The number of hydrazone groups is 1. The molecule has 26 heavy (non-hydrogen) atoms. The van der Waals surface area contributed by atoms with E-state index in [0.29, 0.717) is 12.4 Å². The van der Waals surface area contributed by atoms with Gasteiger partial charge in [0.2, 0.25) is 5.95 Å². The van der Waals surface area contributed by atoms with Crippen LogP contribution in [0.4, 0.5) is 10.3 Å². The maximum absolute atomic E-state index is 13.0. The van der Waals surface area contributed by atoms with Gasteiger partial charge in [0, 0.05) is 24.2 Å². The van der Waals surface area contributed by atoms with E-state index in [1.54, 1.807) is 12.1 Å². The van der Waals surface area contributed by atoms with Crippen LogP contribution in [0.3, 0.4) is 0 Å². The molecule has 3 rings (SSSR count). The van der Waals surface area contributed by atoms with Crippen molar-refractivity contribution in [1.29, 1.82) is 0 Å². The second kappa shape index (κ2) is 7.43. The number of Topliss-reactive ketones (excluding diaryl/α,β-unsaturated/α-hetero) is 1. The Labute approximate surface area is 150 Å². The van der Waals surface area contributed by atoms with Gasteiger partial charge in [-0.15, -0.1) is 0 Å². The van der Waals surface area contributed by atoms with Gasteiger partial charge in [0.05, 0.1) is 11.8 Å². The molecule has 7 heteroatoms. The van der Waals surface area contributed by atoms with E-state index < -0.39 is 0 Å². The van der Waals surface area contributed by atoms with Crippen LogP contribution in [0.2, 0.25) is 0 Å². The van der Waals surface area contributed by atoms with Crippen molar-refractivity contribution in [2.24, 2.45) is 5.10 Å². The summed E-state index contributed by atoms with van der Waals surface area (Å²) in [6.45, 7) is 3.69. The monoisotopic (exact) mass is 354 g/mol. The fourth-order valence-electron chi connectivity index (χ4n) is 2.96. The van der Waals surface area contributed by atoms with Crippen LogP contribution in [0.15, 0.2) is 46.8 Å². The number of carbonyl (C=O) groups excluding carboxylic acids is 1. The van der Waals surface area contributed by atoms with E-state index in [9.17, 15) is 14.3 Å². The number of ketones is 1. The van der Waals surface area contributed by atoms with Gasteiger partial charge in [-0.3, -0.25) is 4.79 Å². The van der Waals surface area contributed by atoms with Crippen molar-refractivity contribution >= 4 is 17.9 Å². The van der Waals surface area contributed by atoms with Crippen molar-refractivity contribution in [2.75, 3.05) is 5.43 Å². The minimum absolute atomic E-state index is 0.0255. The molecule has 1 aliphatic carbocycles. The molecule has 2 N–H and O–H groups in total. The van der Waals surface area contributed by atoms with E-state index in [-0.39, 0.29) is 35.3 Å². The molecule has 0 saturated heterocycles. The van der Waals surface area contributed by atoms with Crippen LogP contribution in [0, 0.1) is 19.7 Å². The predicted octanol–water partition coefficient (Wildman–Crippen LogP) is 3.59. The fourth-order valence-corrected chi connectivity index (χ4v) is 2.96. The average Bonchev–Trinajstić information content (AvgIpc) is 2.57. The first-order chi connectivity index (χ1) is 12.4. The third-order valence-electron chi connectivity index (χ3n) is 4.16. The molecule has 0 amide bonds. The summed E-state index contributed by atoms with van der Waals surface area (Å²) in [6.07, 6.45) is 1.83. The number of aryl methyl sites for hydroxylation is 2. The number of aromatic nitrogens is 2. The van der Waals surface area contributed by atoms with Gasteiger partial charge in [-0.05, 0) is 43.5 Å². The largest absolute Gasteiger partial charge is 0.511 e. The number of nitrogens with zero attached hydrogens (tertiary/aromatic N) is 3. The van der Waals surface area contributed by atoms with Gasteiger partial charge in [0.15, 0.2) is 5.78 Å². The average molecular weight is 354 g/mol. The van der Waals surface area contributed by atoms with Gasteiger partial charge in [-0.1, -0.05) is 12.1 Å². The van der Waals surface area contributed by atoms with Crippen LogP contribution in [0.5, 0.6) is 0 Å². The maximum Gasteiger partial charge on any atom is 0.243 e. The number of aliphatic hydroxyl groups excluding tert-OH is 1.